The molecule has 0 atom stereocenters. The molecule has 29 heavy (non-hydrogen) atoms. The van der Waals surface area contributed by atoms with E-state index in [0.717, 1.165) is 17.5 Å². The summed E-state index contributed by atoms with van der Waals surface area (Å²) < 4.78 is 5.30. The van der Waals surface area contributed by atoms with E-state index in [0.29, 0.717) is 23.7 Å². The lowest BCUT2D eigenvalue weighted by molar-refractivity contribution is 0.0523. The number of nitrogens with one attached hydrogen (secondary N) is 2. The summed E-state index contributed by atoms with van der Waals surface area (Å²) in [7, 11) is 0. The van der Waals surface area contributed by atoms with E-state index in [1.165, 1.54) is 0 Å². The Balaban J connectivity index is 2.21. The molecule has 2 aromatic rings. The van der Waals surface area contributed by atoms with Gasteiger partial charge in [-0.2, -0.15) is 0 Å². The highest BCUT2D eigenvalue weighted by Gasteiger charge is 2.18. The largest absolute Gasteiger partial charge is 0.444 e. The number of pyridine rings is 1. The van der Waals surface area contributed by atoms with Crippen molar-refractivity contribution in [2.75, 3.05) is 6.54 Å². The summed E-state index contributed by atoms with van der Waals surface area (Å²) in [5.41, 5.74) is 2.20. The molecule has 0 unspecified atom stereocenters. The van der Waals surface area contributed by atoms with Crippen LogP contribution in [0.2, 0.25) is 0 Å². The third kappa shape index (κ3) is 7.22. The number of benzene rings is 1. The second-order valence-electron chi connectivity index (χ2n) is 8.35. The Labute approximate surface area is 173 Å². The summed E-state index contributed by atoms with van der Waals surface area (Å²) in [6.45, 7) is 10.6. The fraction of sp³-hybridized carbons (Fsp3) is 0.435. The van der Waals surface area contributed by atoms with Crippen LogP contribution in [0.25, 0.3) is 11.3 Å². The van der Waals surface area contributed by atoms with Crippen LogP contribution in [0.3, 0.4) is 0 Å². The molecule has 156 valence electrons. The molecule has 0 radical (unpaired) electrons. The molecule has 1 aromatic carbocycles. The Morgan fingerprint density at radius 3 is 2.48 bits per heavy atom. The number of amides is 2. The lowest BCUT2D eigenvalue weighted by atomic mass is 9.99. The molecule has 0 fully saturated rings. The summed E-state index contributed by atoms with van der Waals surface area (Å²) in [6, 6.07) is 11.1. The van der Waals surface area contributed by atoms with E-state index in [4.69, 9.17) is 4.74 Å². The molecular formula is C23H31N3O3. The second-order valence-corrected chi connectivity index (χ2v) is 8.35. The summed E-state index contributed by atoms with van der Waals surface area (Å²) >= 11 is 0. The number of carbonyl (C=O) groups excluding carboxylic acids is 2. The number of nitrogens with zero attached hydrogens (tertiary/aromatic N) is 1. The van der Waals surface area contributed by atoms with Crippen LogP contribution in [0, 0.1) is 5.92 Å². The van der Waals surface area contributed by atoms with Gasteiger partial charge in [0.15, 0.2) is 0 Å². The minimum Gasteiger partial charge on any atom is -0.444 e. The van der Waals surface area contributed by atoms with Crippen molar-refractivity contribution in [1.29, 1.82) is 0 Å². The molecule has 2 amide bonds. The minimum absolute atomic E-state index is 0.149. The molecule has 0 saturated heterocycles. The van der Waals surface area contributed by atoms with Gasteiger partial charge in [0.05, 0.1) is 11.3 Å². The van der Waals surface area contributed by atoms with Gasteiger partial charge in [-0.3, -0.25) is 9.78 Å². The predicted molar refractivity (Wildman–Crippen MR) is 115 cm³/mol. The monoisotopic (exact) mass is 397 g/mol. The van der Waals surface area contributed by atoms with Gasteiger partial charge in [0.25, 0.3) is 5.91 Å². The first-order valence-corrected chi connectivity index (χ1v) is 9.95. The molecule has 2 rings (SSSR count). The van der Waals surface area contributed by atoms with E-state index in [2.05, 4.69) is 29.5 Å². The van der Waals surface area contributed by atoms with E-state index >= 15 is 0 Å². The van der Waals surface area contributed by atoms with Gasteiger partial charge in [-0.25, -0.2) is 4.79 Å². The fourth-order valence-electron chi connectivity index (χ4n) is 2.76. The maximum Gasteiger partial charge on any atom is 0.407 e. The number of ether oxygens (including phenoxy) is 1. The van der Waals surface area contributed by atoms with Gasteiger partial charge in [-0.05, 0) is 50.8 Å². The Morgan fingerprint density at radius 2 is 1.79 bits per heavy atom. The Bertz CT molecular complexity index is 841. The van der Waals surface area contributed by atoms with Crippen molar-refractivity contribution >= 4 is 12.0 Å². The van der Waals surface area contributed by atoms with Crippen LogP contribution >= 0.6 is 0 Å². The fourth-order valence-corrected chi connectivity index (χ4v) is 2.76. The van der Waals surface area contributed by atoms with Gasteiger partial charge in [0.1, 0.15) is 5.60 Å². The highest BCUT2D eigenvalue weighted by Crippen LogP contribution is 2.25. The normalized spacial score (nSPS) is 11.2. The lowest BCUT2D eigenvalue weighted by Crippen LogP contribution is -2.32. The van der Waals surface area contributed by atoms with Crippen LogP contribution < -0.4 is 10.6 Å². The Morgan fingerprint density at radius 1 is 1.07 bits per heavy atom. The summed E-state index contributed by atoms with van der Waals surface area (Å²) in [6.07, 6.45) is 2.09. The molecule has 0 aliphatic heterocycles. The Kier molecular flexibility index (Phi) is 7.76. The van der Waals surface area contributed by atoms with Crippen molar-refractivity contribution in [3.05, 3.63) is 53.7 Å². The van der Waals surface area contributed by atoms with Crippen LogP contribution in [0.4, 0.5) is 4.79 Å². The predicted octanol–water partition coefficient (Wildman–Crippen LogP) is 4.55. The molecule has 1 aromatic heterocycles. The van der Waals surface area contributed by atoms with Crippen LogP contribution in [0.5, 0.6) is 0 Å². The molecule has 0 saturated carbocycles. The second kappa shape index (κ2) is 10.0. The van der Waals surface area contributed by atoms with Crippen LogP contribution in [0.1, 0.15) is 57.0 Å². The summed E-state index contributed by atoms with van der Waals surface area (Å²) in [5.74, 6) is 0.368. The first-order valence-electron chi connectivity index (χ1n) is 9.95. The molecule has 2 N–H and O–H groups in total. The van der Waals surface area contributed by atoms with Crippen molar-refractivity contribution in [3.8, 4) is 11.3 Å². The van der Waals surface area contributed by atoms with Crippen LogP contribution in [0.15, 0.2) is 42.6 Å². The molecule has 0 aliphatic carbocycles. The van der Waals surface area contributed by atoms with E-state index in [9.17, 15) is 9.59 Å². The minimum atomic E-state index is -0.564. The molecule has 1 heterocycles. The van der Waals surface area contributed by atoms with Gasteiger partial charge in [-0.1, -0.05) is 38.1 Å². The van der Waals surface area contributed by atoms with Crippen molar-refractivity contribution in [2.45, 2.75) is 53.2 Å². The summed E-state index contributed by atoms with van der Waals surface area (Å²) in [4.78, 5) is 29.2. The zero-order valence-corrected chi connectivity index (χ0v) is 17.9. The van der Waals surface area contributed by atoms with Gasteiger partial charge in [-0.15, -0.1) is 0 Å². The molecular weight excluding hydrogens is 366 g/mol. The lowest BCUT2D eigenvalue weighted by Gasteiger charge is -2.20. The standard InChI is InChI=1S/C23H31N3O3/c1-16(2)12-14-25-21(27)19-11-8-13-24-20(19)18-10-7-6-9-17(18)15-26-22(28)29-23(3,4)5/h6-11,13,16H,12,14-15H2,1-5H3,(H,25,27)(H,26,28). The third-order valence-electron chi connectivity index (χ3n) is 4.15. The van der Waals surface area contributed by atoms with Crippen molar-refractivity contribution < 1.29 is 14.3 Å². The van der Waals surface area contributed by atoms with Crippen LogP contribution in [-0.2, 0) is 11.3 Å². The van der Waals surface area contributed by atoms with Crippen molar-refractivity contribution in [2.24, 2.45) is 5.92 Å². The van der Waals surface area contributed by atoms with E-state index in [1.807, 2.05) is 45.0 Å². The number of hydrogen-bond donors (Lipinski definition) is 2. The van der Waals surface area contributed by atoms with E-state index < -0.39 is 11.7 Å². The number of rotatable bonds is 7. The molecule has 0 aliphatic rings. The van der Waals surface area contributed by atoms with Crippen LogP contribution in [-0.4, -0.2) is 29.1 Å². The van der Waals surface area contributed by atoms with E-state index in [1.54, 1.807) is 18.3 Å². The molecule has 0 bridgehead atoms. The topological polar surface area (TPSA) is 80.3 Å². The SMILES string of the molecule is CC(C)CCNC(=O)c1cccnc1-c1ccccc1CNC(=O)OC(C)(C)C. The zero-order chi connectivity index (χ0) is 21.4. The number of aromatic nitrogens is 1. The zero-order valence-electron chi connectivity index (χ0n) is 17.9. The van der Waals surface area contributed by atoms with Crippen molar-refractivity contribution in [3.63, 3.8) is 0 Å². The molecule has 0 spiro atoms. The quantitative estimate of drug-likeness (QED) is 0.718. The van der Waals surface area contributed by atoms with Gasteiger partial charge in [0.2, 0.25) is 0 Å². The molecule has 6 heteroatoms. The number of alkyl carbamates (subject to hydrolysis) is 1. The maximum absolute atomic E-state index is 12.7. The van der Waals surface area contributed by atoms with Gasteiger partial charge >= 0.3 is 6.09 Å². The number of carbonyl (C=O) groups is 2. The smallest absolute Gasteiger partial charge is 0.407 e. The average molecular weight is 398 g/mol. The maximum atomic E-state index is 12.7. The number of hydrogen-bond acceptors (Lipinski definition) is 4. The Hall–Kier alpha value is -2.89. The van der Waals surface area contributed by atoms with Gasteiger partial charge < -0.3 is 15.4 Å². The average Bonchev–Trinajstić information content (AvgIpc) is 2.65. The highest BCUT2D eigenvalue weighted by atomic mass is 16.6. The first-order chi connectivity index (χ1) is 13.7. The molecule has 6 nitrogen and oxygen atoms in total. The summed E-state index contributed by atoms with van der Waals surface area (Å²) in [5, 5.41) is 5.74. The van der Waals surface area contributed by atoms with Crippen molar-refractivity contribution in [1.82, 2.24) is 15.6 Å². The highest BCUT2D eigenvalue weighted by molar-refractivity contribution is 6.00. The van der Waals surface area contributed by atoms with Gasteiger partial charge in [0, 0.05) is 24.8 Å². The first kappa shape index (κ1) is 22.4. The third-order valence-corrected chi connectivity index (χ3v) is 4.15. The van der Waals surface area contributed by atoms with E-state index in [-0.39, 0.29) is 12.5 Å².